The molecule has 0 saturated carbocycles. The number of imide groups is 1. The first kappa shape index (κ1) is 62.8. The molecule has 8 N–H and O–H groups in total. The molecule has 0 unspecified atom stereocenters. The Morgan fingerprint density at radius 3 is 2.15 bits per heavy atom. The van der Waals surface area contributed by atoms with Crippen molar-refractivity contribution in [1.29, 1.82) is 0 Å². The van der Waals surface area contributed by atoms with E-state index in [4.69, 9.17) is 14.5 Å². The molecule has 25 nitrogen and oxygen atoms in total. The van der Waals surface area contributed by atoms with Gasteiger partial charge in [-0.15, -0.1) is 0 Å². The number of hydrogen-bond acceptors (Lipinski definition) is 16. The predicted octanol–water partition coefficient (Wildman–Crippen LogP) is 0.915. The molecule has 8 rings (SSSR count). The van der Waals surface area contributed by atoms with E-state index >= 15 is 4.39 Å². The Labute approximate surface area is 492 Å². The molecule has 4 atom stereocenters. The summed E-state index contributed by atoms with van der Waals surface area (Å²) in [6.07, 6.45) is 3.43. The summed E-state index contributed by atoms with van der Waals surface area (Å²) in [7, 11) is 0. The summed E-state index contributed by atoms with van der Waals surface area (Å²) in [5.74, 6) is -7.99. The second-order valence-corrected chi connectivity index (χ2v) is 22.5. The molecule has 0 spiro atoms. The van der Waals surface area contributed by atoms with Gasteiger partial charge in [0.1, 0.15) is 30.1 Å². The van der Waals surface area contributed by atoms with Crippen molar-refractivity contribution in [2.75, 3.05) is 32.7 Å². The van der Waals surface area contributed by atoms with E-state index in [1.165, 1.54) is 22.8 Å². The number of aromatic nitrogens is 2. The number of hydrogen-bond donors (Lipinski definition) is 8. The van der Waals surface area contributed by atoms with E-state index in [1.54, 1.807) is 71.0 Å². The van der Waals surface area contributed by atoms with E-state index in [1.807, 2.05) is 0 Å². The number of rotatable bonds is 25. The molecule has 26 heteroatoms. The normalized spacial score (nSPS) is 17.1. The highest BCUT2D eigenvalue weighted by Gasteiger charge is 2.46. The van der Waals surface area contributed by atoms with Gasteiger partial charge in [-0.1, -0.05) is 43.7 Å². The van der Waals surface area contributed by atoms with Crippen LogP contribution >= 0.6 is 0 Å². The molecule has 5 heterocycles. The van der Waals surface area contributed by atoms with Crippen molar-refractivity contribution >= 4 is 76.0 Å². The van der Waals surface area contributed by atoms with Gasteiger partial charge in [-0.05, 0) is 88.1 Å². The highest BCUT2D eigenvalue weighted by molar-refractivity contribution is 6.12. The number of carbonyl (C=O) groups excluding carboxylic acids is 11. The summed E-state index contributed by atoms with van der Waals surface area (Å²) in [5, 5.41) is 29.9. The molecule has 456 valence electrons. The van der Waals surface area contributed by atoms with Gasteiger partial charge in [-0.3, -0.25) is 57.6 Å². The lowest BCUT2D eigenvalue weighted by atomic mass is 9.81. The van der Waals surface area contributed by atoms with Gasteiger partial charge in [0.2, 0.25) is 41.4 Å². The number of aryl methyl sites for hydroxylation is 1. The van der Waals surface area contributed by atoms with Gasteiger partial charge >= 0.3 is 11.9 Å². The number of esters is 2. The van der Waals surface area contributed by atoms with Crippen LogP contribution in [0.2, 0.25) is 0 Å². The fourth-order valence-electron chi connectivity index (χ4n) is 10.9. The zero-order valence-electron chi connectivity index (χ0n) is 48.3. The largest absolute Gasteiger partial charge is 0.460 e. The van der Waals surface area contributed by atoms with E-state index in [0.717, 1.165) is 4.90 Å². The van der Waals surface area contributed by atoms with Crippen molar-refractivity contribution in [1.82, 2.24) is 51.7 Å². The molecule has 0 fully saturated rings. The SMILES string of the molecule is CC[C@@]1(O)C(=O)OCc2c1cc1n(c2=O)Cc2c-1nc1cc(F)c(C)c3c1c2[C@@H](NC(=O)CCNC(=O)CNC(=O)[C@H](Cc1ccccc1)NC(=O)CNC(=O)CNC(=O)[C@H](CC(=O)OC(C)(C)C)NC(=O)CCCCCN1C(=O)C=CC1=O)CC3. The monoisotopic (exact) mass is 1190 g/mol. The number of amides is 9. The van der Waals surface area contributed by atoms with Crippen LogP contribution < -0.4 is 42.8 Å². The minimum absolute atomic E-state index is 0.0243. The van der Waals surface area contributed by atoms with Crippen molar-refractivity contribution < 1.29 is 71.7 Å². The van der Waals surface area contributed by atoms with Crippen LogP contribution in [-0.2, 0) is 93.8 Å². The van der Waals surface area contributed by atoms with Crippen LogP contribution in [0.4, 0.5) is 4.39 Å². The lowest BCUT2D eigenvalue weighted by Gasteiger charge is -2.31. The Hall–Kier alpha value is -9.20. The molecule has 3 aliphatic heterocycles. The summed E-state index contributed by atoms with van der Waals surface area (Å²) in [6, 6.07) is 8.18. The van der Waals surface area contributed by atoms with Gasteiger partial charge in [0.25, 0.3) is 17.4 Å². The maximum Gasteiger partial charge on any atom is 0.343 e. The molecule has 0 radical (unpaired) electrons. The van der Waals surface area contributed by atoms with Gasteiger partial charge in [-0.2, -0.15) is 0 Å². The molecule has 86 heavy (non-hydrogen) atoms. The summed E-state index contributed by atoms with van der Waals surface area (Å²) >= 11 is 0. The fourth-order valence-corrected chi connectivity index (χ4v) is 10.9. The number of nitrogens with zero attached hydrogens (tertiary/aromatic N) is 3. The molecule has 2 aromatic carbocycles. The van der Waals surface area contributed by atoms with Crippen LogP contribution in [0.1, 0.15) is 124 Å². The van der Waals surface area contributed by atoms with Crippen molar-refractivity contribution in [3.05, 3.63) is 110 Å². The maximum atomic E-state index is 15.4. The van der Waals surface area contributed by atoms with Crippen molar-refractivity contribution in [2.24, 2.45) is 0 Å². The third-order valence-corrected chi connectivity index (χ3v) is 15.2. The standard InChI is InChI=1S/C60H69FN10O15/c1-6-60(84)37-24-43-54-35(30-71(43)57(82)36(37)31-85-58(60)83)53-39(17-16-34-32(2)38(61)25-40(69-54)52(34)53)66-45(73)20-21-62-46(74)27-64-55(80)41(23-33-13-9-7-10-14-33)68-48(76)29-63-47(75)28-65-56(81)42(26-51(79)86-59(3,4)5)67-44(72)15-11-8-12-22-70-49(77)18-19-50(70)78/h7,9-10,13-14,18-19,24-25,39,41-42,84H,6,8,11-12,15-17,20-23,26-31H2,1-5H3,(H,62,74)(H,63,75)(H,64,80)(H,65,81)(H,66,73)(H,67,72)(H,68,76)/t39-,41-,42-,60-/m0/s1. The minimum atomic E-state index is -2.07. The van der Waals surface area contributed by atoms with E-state index in [9.17, 15) is 62.6 Å². The predicted molar refractivity (Wildman–Crippen MR) is 304 cm³/mol. The molecule has 0 saturated heterocycles. The number of cyclic esters (lactones) is 1. The maximum absolute atomic E-state index is 15.4. The van der Waals surface area contributed by atoms with Gasteiger partial charge in [0.05, 0.1) is 61.1 Å². The van der Waals surface area contributed by atoms with Crippen LogP contribution in [0.3, 0.4) is 0 Å². The number of ether oxygens (including phenoxy) is 2. The Kier molecular flexibility index (Phi) is 19.6. The third kappa shape index (κ3) is 14.6. The number of benzene rings is 2. The summed E-state index contributed by atoms with van der Waals surface area (Å²) in [5.41, 5.74) is 0.788. The number of fused-ring (bicyclic) bond motifs is 5. The van der Waals surface area contributed by atoms with Crippen molar-refractivity contribution in [3.63, 3.8) is 0 Å². The van der Waals surface area contributed by atoms with E-state index in [2.05, 4.69) is 37.2 Å². The molecule has 4 aromatic rings. The number of halogens is 1. The number of aliphatic hydroxyl groups is 1. The fraction of sp³-hybridized carbons (Fsp3) is 0.450. The summed E-state index contributed by atoms with van der Waals surface area (Å²) in [6.45, 7) is 5.98. The zero-order chi connectivity index (χ0) is 62.2. The van der Waals surface area contributed by atoms with Gasteiger partial charge < -0.3 is 56.4 Å². The highest BCUT2D eigenvalue weighted by atomic mass is 19.1. The lowest BCUT2D eigenvalue weighted by molar-refractivity contribution is -0.172. The highest BCUT2D eigenvalue weighted by Crippen LogP contribution is 2.46. The smallest absolute Gasteiger partial charge is 0.343 e. The van der Waals surface area contributed by atoms with E-state index in [0.29, 0.717) is 82.2 Å². The second-order valence-electron chi connectivity index (χ2n) is 22.5. The van der Waals surface area contributed by atoms with Crippen LogP contribution in [0.15, 0.2) is 59.4 Å². The quantitative estimate of drug-likeness (QED) is 0.0229. The first-order chi connectivity index (χ1) is 40.8. The second kappa shape index (κ2) is 26.8. The zero-order valence-corrected chi connectivity index (χ0v) is 48.3. The Morgan fingerprint density at radius 1 is 0.802 bits per heavy atom. The van der Waals surface area contributed by atoms with E-state index < -0.39 is 132 Å². The first-order valence-corrected chi connectivity index (χ1v) is 28.4. The van der Waals surface area contributed by atoms with Gasteiger partial charge in [0, 0.05) is 67.1 Å². The summed E-state index contributed by atoms with van der Waals surface area (Å²) < 4.78 is 27.5. The van der Waals surface area contributed by atoms with Crippen molar-refractivity contribution in [2.45, 2.75) is 141 Å². The molecular formula is C60H69FN10O15. The van der Waals surface area contributed by atoms with Crippen molar-refractivity contribution in [3.8, 4) is 11.4 Å². The lowest BCUT2D eigenvalue weighted by Crippen LogP contribution is -2.53. The molecule has 0 bridgehead atoms. The van der Waals surface area contributed by atoms with Crippen LogP contribution in [-0.4, -0.2) is 135 Å². The van der Waals surface area contributed by atoms with Gasteiger partial charge in [-0.25, -0.2) is 14.2 Å². The van der Waals surface area contributed by atoms with Crippen LogP contribution in [0.25, 0.3) is 22.3 Å². The Bertz CT molecular complexity index is 3510. The average molecular weight is 1190 g/mol. The molecule has 9 amide bonds. The van der Waals surface area contributed by atoms with Crippen LogP contribution in [0.5, 0.6) is 0 Å². The number of carbonyl (C=O) groups is 11. The first-order valence-electron chi connectivity index (χ1n) is 28.4. The Morgan fingerprint density at radius 2 is 1.47 bits per heavy atom. The molecular weight excluding hydrogens is 1120 g/mol. The molecule has 1 aliphatic carbocycles. The number of nitrogens with one attached hydrogen (secondary N) is 7. The number of pyridine rings is 2. The van der Waals surface area contributed by atoms with E-state index in [-0.39, 0.29) is 63.1 Å². The average Bonchev–Trinajstić information content (AvgIpc) is 1.46. The molecule has 4 aliphatic rings. The topological polar surface area (TPSA) is 349 Å². The minimum Gasteiger partial charge on any atom is -0.460 e. The number of unbranched alkanes of at least 4 members (excludes halogenated alkanes) is 2. The third-order valence-electron chi connectivity index (χ3n) is 15.2. The Balaban J connectivity index is 0.820. The molecule has 2 aromatic heterocycles. The summed E-state index contributed by atoms with van der Waals surface area (Å²) in [4.78, 5) is 162. The van der Waals surface area contributed by atoms with Crippen LogP contribution in [0, 0.1) is 12.7 Å². The van der Waals surface area contributed by atoms with Gasteiger partial charge in [0.15, 0.2) is 5.60 Å².